The maximum absolute atomic E-state index is 11.2. The summed E-state index contributed by atoms with van der Waals surface area (Å²) in [6, 6.07) is 0. The van der Waals surface area contributed by atoms with E-state index in [4.69, 9.17) is 0 Å². The van der Waals surface area contributed by atoms with Crippen LogP contribution in [-0.4, -0.2) is 56.9 Å². The fourth-order valence-corrected chi connectivity index (χ4v) is 2.24. The topological polar surface area (TPSA) is 125 Å². The molecule has 0 aliphatic carbocycles. The van der Waals surface area contributed by atoms with Crippen molar-refractivity contribution < 1.29 is 15.1 Å². The molecule has 2 unspecified atom stereocenters. The van der Waals surface area contributed by atoms with Crippen LogP contribution in [0, 0.1) is 17.0 Å². The molecular weight excluding hydrogens is 278 g/mol. The summed E-state index contributed by atoms with van der Waals surface area (Å²) < 4.78 is 0. The molecule has 1 aromatic rings. The maximum atomic E-state index is 11.2. The van der Waals surface area contributed by atoms with Gasteiger partial charge >= 0.3 is 5.69 Å². The first-order chi connectivity index (χ1) is 9.93. The van der Waals surface area contributed by atoms with Gasteiger partial charge in [-0.1, -0.05) is 6.92 Å². The van der Waals surface area contributed by atoms with Gasteiger partial charge in [-0.05, 0) is 13.3 Å². The number of rotatable bonds is 5. The number of aliphatic hydroxyl groups is 2. The van der Waals surface area contributed by atoms with E-state index in [0.717, 1.165) is 6.42 Å². The minimum absolute atomic E-state index is 0.103. The smallest absolute Gasteiger partial charge is 0.332 e. The molecule has 9 nitrogen and oxygen atoms in total. The number of aryl methyl sites for hydroxylation is 1. The van der Waals surface area contributed by atoms with E-state index < -0.39 is 17.1 Å². The molecule has 0 aromatic carbocycles. The van der Waals surface area contributed by atoms with E-state index in [1.807, 2.05) is 6.92 Å². The number of nitrogens with one attached hydrogen (secondary N) is 1. The molecule has 116 valence electrons. The van der Waals surface area contributed by atoms with E-state index in [0.29, 0.717) is 12.5 Å². The summed E-state index contributed by atoms with van der Waals surface area (Å²) in [6.07, 6.45) is -1.01. The summed E-state index contributed by atoms with van der Waals surface area (Å²) in [5.41, 5.74) is 0.0535. The molecule has 2 rings (SSSR count). The summed E-state index contributed by atoms with van der Waals surface area (Å²) in [4.78, 5) is 20.5. The predicted octanol–water partition coefficient (Wildman–Crippen LogP) is 0.0569. The van der Waals surface area contributed by atoms with Gasteiger partial charge in [-0.3, -0.25) is 10.1 Å². The molecule has 2 heterocycles. The van der Waals surface area contributed by atoms with Crippen molar-refractivity contribution in [3.05, 3.63) is 15.8 Å². The van der Waals surface area contributed by atoms with Gasteiger partial charge in [0.2, 0.25) is 11.8 Å². The van der Waals surface area contributed by atoms with Crippen molar-refractivity contribution in [1.82, 2.24) is 9.97 Å². The molecule has 1 fully saturated rings. The lowest BCUT2D eigenvalue weighted by molar-refractivity contribution is -0.385. The summed E-state index contributed by atoms with van der Waals surface area (Å²) in [7, 11) is 0. The highest BCUT2D eigenvalue weighted by atomic mass is 16.6. The monoisotopic (exact) mass is 297 g/mol. The third-order valence-corrected chi connectivity index (χ3v) is 3.31. The van der Waals surface area contributed by atoms with Crippen molar-refractivity contribution in [2.75, 3.05) is 29.9 Å². The first-order valence-corrected chi connectivity index (χ1v) is 6.82. The summed E-state index contributed by atoms with van der Waals surface area (Å²) in [5.74, 6) is 0.438. The van der Waals surface area contributed by atoms with Gasteiger partial charge < -0.3 is 20.4 Å². The van der Waals surface area contributed by atoms with E-state index in [-0.39, 0.29) is 30.3 Å². The molecule has 0 spiro atoms. The highest BCUT2D eigenvalue weighted by Crippen LogP contribution is 2.32. The van der Waals surface area contributed by atoms with Gasteiger partial charge in [-0.25, -0.2) is 4.98 Å². The third kappa shape index (κ3) is 3.19. The van der Waals surface area contributed by atoms with E-state index in [9.17, 15) is 20.3 Å². The molecule has 21 heavy (non-hydrogen) atoms. The highest BCUT2D eigenvalue weighted by molar-refractivity contribution is 5.63. The minimum atomic E-state index is -0.938. The minimum Gasteiger partial charge on any atom is -0.389 e. The number of nitrogens with zero attached hydrogens (tertiary/aromatic N) is 4. The molecule has 1 aliphatic rings. The number of nitro groups is 1. The summed E-state index contributed by atoms with van der Waals surface area (Å²) in [5, 5.41) is 33.5. The molecule has 1 aromatic heterocycles. The average molecular weight is 297 g/mol. The van der Waals surface area contributed by atoms with Crippen LogP contribution in [0.25, 0.3) is 0 Å². The van der Waals surface area contributed by atoms with Crippen molar-refractivity contribution in [1.29, 1.82) is 0 Å². The fraction of sp³-hybridized carbons (Fsp3) is 0.667. The molecule has 0 bridgehead atoms. The van der Waals surface area contributed by atoms with Gasteiger partial charge in [0.05, 0.1) is 17.1 Å². The van der Waals surface area contributed by atoms with Crippen LogP contribution in [0.3, 0.4) is 0 Å². The Bertz CT molecular complexity index is 529. The Morgan fingerprint density at radius 3 is 2.52 bits per heavy atom. The quantitative estimate of drug-likeness (QED) is 0.514. The van der Waals surface area contributed by atoms with Crippen LogP contribution in [-0.2, 0) is 0 Å². The average Bonchev–Trinajstić information content (AvgIpc) is 2.75. The number of β-amino-alcohol motifs (C(OH)–C–C–N with tert-alkyl or cyclic N) is 2. The standard InChI is InChI=1S/C12H19N5O4/c1-3-4-13-12-14-7(2)10(17(20)21)11(15-12)16-5-8(18)9(19)6-16/h8-9,18-19H,3-6H2,1-2H3,(H,13,14,15). The number of hydrogen-bond donors (Lipinski definition) is 3. The maximum Gasteiger partial charge on any atom is 0.332 e. The molecule has 2 atom stereocenters. The van der Waals surface area contributed by atoms with Crippen molar-refractivity contribution in [2.24, 2.45) is 0 Å². The van der Waals surface area contributed by atoms with E-state index in [1.54, 1.807) is 6.92 Å². The summed E-state index contributed by atoms with van der Waals surface area (Å²) >= 11 is 0. The van der Waals surface area contributed by atoms with E-state index in [1.165, 1.54) is 4.90 Å². The molecular formula is C12H19N5O4. The second kappa shape index (κ2) is 6.19. The SMILES string of the molecule is CCCNc1nc(C)c([N+](=O)[O-])c(N2CC(O)C(O)C2)n1. The molecule has 0 radical (unpaired) electrons. The van der Waals surface area contributed by atoms with Crippen molar-refractivity contribution in [3.8, 4) is 0 Å². The second-order valence-corrected chi connectivity index (χ2v) is 5.03. The second-order valence-electron chi connectivity index (χ2n) is 5.03. The van der Waals surface area contributed by atoms with Crippen LogP contribution in [0.15, 0.2) is 0 Å². The van der Waals surface area contributed by atoms with Crippen LogP contribution in [0.1, 0.15) is 19.0 Å². The van der Waals surface area contributed by atoms with Crippen LogP contribution in [0.4, 0.5) is 17.5 Å². The van der Waals surface area contributed by atoms with Gasteiger partial charge in [0.1, 0.15) is 5.69 Å². The van der Waals surface area contributed by atoms with Gasteiger partial charge in [0, 0.05) is 19.6 Å². The number of aromatic nitrogens is 2. The Morgan fingerprint density at radius 2 is 2.00 bits per heavy atom. The van der Waals surface area contributed by atoms with Crippen LogP contribution >= 0.6 is 0 Å². The van der Waals surface area contributed by atoms with Crippen molar-refractivity contribution in [2.45, 2.75) is 32.5 Å². The molecule has 0 saturated carbocycles. The Labute approximate surface area is 121 Å². The Balaban J connectivity index is 2.40. The lowest BCUT2D eigenvalue weighted by atomic mass is 10.3. The summed E-state index contributed by atoms with van der Waals surface area (Å²) in [6.45, 7) is 4.39. The zero-order valence-electron chi connectivity index (χ0n) is 12.0. The Morgan fingerprint density at radius 1 is 1.38 bits per heavy atom. The molecule has 1 saturated heterocycles. The van der Waals surface area contributed by atoms with E-state index >= 15 is 0 Å². The first-order valence-electron chi connectivity index (χ1n) is 6.82. The first kappa shape index (κ1) is 15.4. The van der Waals surface area contributed by atoms with E-state index in [2.05, 4.69) is 15.3 Å². The number of hydrogen-bond acceptors (Lipinski definition) is 8. The van der Waals surface area contributed by atoms with Crippen molar-refractivity contribution >= 4 is 17.5 Å². The van der Waals surface area contributed by atoms with Gasteiger partial charge in [0.25, 0.3) is 0 Å². The van der Waals surface area contributed by atoms with Crippen LogP contribution < -0.4 is 10.2 Å². The zero-order chi connectivity index (χ0) is 15.6. The Kier molecular flexibility index (Phi) is 4.53. The van der Waals surface area contributed by atoms with Gasteiger partial charge in [0.15, 0.2) is 0 Å². The molecule has 3 N–H and O–H groups in total. The normalized spacial score (nSPS) is 21.6. The van der Waals surface area contributed by atoms with Crippen LogP contribution in [0.2, 0.25) is 0 Å². The molecule has 1 aliphatic heterocycles. The highest BCUT2D eigenvalue weighted by Gasteiger charge is 2.35. The molecule has 9 heteroatoms. The van der Waals surface area contributed by atoms with Crippen molar-refractivity contribution in [3.63, 3.8) is 0 Å². The largest absolute Gasteiger partial charge is 0.389 e. The lowest BCUT2D eigenvalue weighted by Crippen LogP contribution is -2.24. The predicted molar refractivity (Wildman–Crippen MR) is 76.4 cm³/mol. The zero-order valence-corrected chi connectivity index (χ0v) is 12.0. The van der Waals surface area contributed by atoms with Crippen LogP contribution in [0.5, 0.6) is 0 Å². The molecule has 0 amide bonds. The third-order valence-electron chi connectivity index (χ3n) is 3.31. The fourth-order valence-electron chi connectivity index (χ4n) is 2.24. The number of aliphatic hydroxyl groups excluding tert-OH is 2. The number of anilines is 2. The Hall–Kier alpha value is -2.00. The lowest BCUT2D eigenvalue weighted by Gasteiger charge is -2.18. The van der Waals surface area contributed by atoms with Gasteiger partial charge in [-0.15, -0.1) is 0 Å². The van der Waals surface area contributed by atoms with Gasteiger partial charge in [-0.2, -0.15) is 4.98 Å².